The van der Waals surface area contributed by atoms with Crippen LogP contribution in [0.2, 0.25) is 5.02 Å². The van der Waals surface area contributed by atoms with Crippen molar-refractivity contribution in [2.24, 2.45) is 0 Å². The van der Waals surface area contributed by atoms with Crippen molar-refractivity contribution < 1.29 is 4.48 Å². The molecular weight excluding hydrogens is 362 g/mol. The Morgan fingerprint density at radius 2 is 1.64 bits per heavy atom. The normalized spacial score (nSPS) is 14.1. The molecule has 0 fully saturated rings. The van der Waals surface area contributed by atoms with Crippen LogP contribution >= 0.6 is 46.4 Å². The number of nitrogens with one attached hydrogen (secondary N) is 1. The summed E-state index contributed by atoms with van der Waals surface area (Å²) in [6.45, 7) is 8.59. The molecule has 0 saturated carbocycles. The maximum atomic E-state index is 6.13. The lowest BCUT2D eigenvalue weighted by Gasteiger charge is -2.33. The van der Waals surface area contributed by atoms with Crippen LogP contribution < -0.4 is 5.32 Å². The zero-order valence-electron chi connectivity index (χ0n) is 13.4. The Hall–Kier alpha value is 0.300. The molecule has 0 heterocycles. The van der Waals surface area contributed by atoms with Gasteiger partial charge in [-0.05, 0) is 31.5 Å². The van der Waals surface area contributed by atoms with E-state index in [1.165, 1.54) is 0 Å². The van der Waals surface area contributed by atoms with Crippen LogP contribution in [0.4, 0.5) is 0 Å². The first-order chi connectivity index (χ1) is 10.2. The molecule has 1 rings (SSSR count). The average molecular weight is 387 g/mol. The number of alkyl halides is 3. The second-order valence-corrected chi connectivity index (χ2v) is 8.61. The number of hydrogen-bond acceptors (Lipinski definition) is 1. The minimum atomic E-state index is -1.40. The highest BCUT2D eigenvalue weighted by Gasteiger charge is 2.33. The Morgan fingerprint density at radius 1 is 1.09 bits per heavy atom. The van der Waals surface area contributed by atoms with Crippen molar-refractivity contribution in [3.8, 4) is 0 Å². The van der Waals surface area contributed by atoms with E-state index in [2.05, 4.69) is 26.2 Å². The van der Waals surface area contributed by atoms with Crippen molar-refractivity contribution in [2.45, 2.75) is 30.1 Å². The fourth-order valence-corrected chi connectivity index (χ4v) is 3.06. The molecule has 22 heavy (non-hydrogen) atoms. The average Bonchev–Trinajstić information content (AvgIpc) is 2.47. The van der Waals surface area contributed by atoms with Crippen LogP contribution in [-0.2, 0) is 0 Å². The molecule has 0 aromatic heterocycles. The molecule has 1 aromatic rings. The van der Waals surface area contributed by atoms with E-state index in [4.69, 9.17) is 46.4 Å². The molecule has 0 unspecified atom stereocenters. The van der Waals surface area contributed by atoms with Gasteiger partial charge in [0.25, 0.3) is 0 Å². The van der Waals surface area contributed by atoms with E-state index >= 15 is 0 Å². The van der Waals surface area contributed by atoms with Gasteiger partial charge in [0.15, 0.2) is 0 Å². The predicted molar refractivity (Wildman–Crippen MR) is 99.2 cm³/mol. The van der Waals surface area contributed by atoms with E-state index in [-0.39, 0.29) is 6.04 Å². The monoisotopic (exact) mass is 385 g/mol. The summed E-state index contributed by atoms with van der Waals surface area (Å²) >= 11 is 24.3. The van der Waals surface area contributed by atoms with Gasteiger partial charge in [-0.2, -0.15) is 0 Å². The van der Waals surface area contributed by atoms with Crippen LogP contribution in [-0.4, -0.2) is 41.5 Å². The summed E-state index contributed by atoms with van der Waals surface area (Å²) in [5, 5.41) is 4.04. The summed E-state index contributed by atoms with van der Waals surface area (Å²) < 4.78 is -0.345. The van der Waals surface area contributed by atoms with E-state index in [1.807, 2.05) is 24.3 Å². The first-order valence-corrected chi connectivity index (χ1v) is 9.12. The molecule has 0 aliphatic heterocycles. The van der Waals surface area contributed by atoms with Gasteiger partial charge in [-0.15, -0.1) is 0 Å². The lowest BCUT2D eigenvalue weighted by molar-refractivity contribution is -0.906. The molecule has 0 amide bonds. The summed E-state index contributed by atoms with van der Waals surface area (Å²) in [6, 6.07) is 7.05. The number of quaternary nitrogens is 1. The summed E-state index contributed by atoms with van der Waals surface area (Å²) in [6.07, 6.45) is 1.03. The van der Waals surface area contributed by atoms with Gasteiger partial charge in [-0.25, -0.2) is 0 Å². The van der Waals surface area contributed by atoms with E-state index < -0.39 is 3.79 Å². The second-order valence-electron chi connectivity index (χ2n) is 5.81. The van der Waals surface area contributed by atoms with Crippen LogP contribution in [0, 0.1) is 0 Å². The molecular formula is C16H25Cl4N2+. The van der Waals surface area contributed by atoms with E-state index in [1.54, 1.807) is 0 Å². The highest BCUT2D eigenvalue weighted by atomic mass is 35.6. The zero-order chi connectivity index (χ0) is 16.8. The first kappa shape index (κ1) is 20.3. The van der Waals surface area contributed by atoms with Crippen LogP contribution in [0.1, 0.15) is 31.9 Å². The van der Waals surface area contributed by atoms with Gasteiger partial charge in [-0.1, -0.05) is 58.5 Å². The fraction of sp³-hybridized carbons (Fsp3) is 0.625. The minimum Gasteiger partial charge on any atom is -0.326 e. The molecule has 1 aromatic carbocycles. The number of benzene rings is 1. The second kappa shape index (κ2) is 8.96. The van der Waals surface area contributed by atoms with Crippen molar-refractivity contribution in [2.75, 3.05) is 33.2 Å². The van der Waals surface area contributed by atoms with Gasteiger partial charge < -0.3 is 9.80 Å². The molecule has 1 N–H and O–H groups in total. The van der Waals surface area contributed by atoms with Gasteiger partial charge in [0, 0.05) is 18.0 Å². The lowest BCUT2D eigenvalue weighted by Crippen LogP contribution is -2.45. The Morgan fingerprint density at radius 3 is 2.09 bits per heavy atom. The summed E-state index contributed by atoms with van der Waals surface area (Å²) in [5.41, 5.74) is 0.924. The third kappa shape index (κ3) is 6.43. The maximum absolute atomic E-state index is 6.13. The number of halogens is 4. The predicted octanol–water partition coefficient (Wildman–Crippen LogP) is 5.22. The van der Waals surface area contributed by atoms with Gasteiger partial charge in [0.05, 0.1) is 32.7 Å². The van der Waals surface area contributed by atoms with Crippen molar-refractivity contribution in [3.63, 3.8) is 0 Å². The molecule has 1 atom stereocenters. The SMILES string of the molecule is CC[N+](C)(CC)CCCN[C@H](c1ccc(Cl)cc1)C(Cl)(Cl)Cl. The summed E-state index contributed by atoms with van der Waals surface area (Å²) in [4.78, 5) is 0. The highest BCUT2D eigenvalue weighted by Crippen LogP contribution is 2.39. The van der Waals surface area contributed by atoms with E-state index in [0.717, 1.165) is 42.6 Å². The number of rotatable bonds is 8. The van der Waals surface area contributed by atoms with Crippen LogP contribution in [0.25, 0.3) is 0 Å². The maximum Gasteiger partial charge on any atom is 0.209 e. The molecule has 0 radical (unpaired) electrons. The van der Waals surface area contributed by atoms with Crippen molar-refractivity contribution >= 4 is 46.4 Å². The molecule has 0 bridgehead atoms. The molecule has 2 nitrogen and oxygen atoms in total. The topological polar surface area (TPSA) is 12.0 Å². The summed E-state index contributed by atoms with van der Waals surface area (Å²) in [5.74, 6) is 0. The highest BCUT2D eigenvalue weighted by molar-refractivity contribution is 6.68. The van der Waals surface area contributed by atoms with Gasteiger partial charge >= 0.3 is 0 Å². The quantitative estimate of drug-likeness (QED) is 0.367. The minimum absolute atomic E-state index is 0.350. The number of hydrogen-bond donors (Lipinski definition) is 1. The van der Waals surface area contributed by atoms with Crippen molar-refractivity contribution in [3.05, 3.63) is 34.9 Å². The standard InChI is InChI=1S/C16H25Cl4N2/c1-4-22(3,5-2)12-6-11-21-15(16(18,19)20)13-7-9-14(17)10-8-13/h7-10,15,21H,4-6,11-12H2,1-3H3/q+1/t15-/m1/s1. The number of nitrogens with zero attached hydrogens (tertiary/aromatic N) is 1. The molecule has 0 aliphatic rings. The van der Waals surface area contributed by atoms with Gasteiger partial charge in [0.1, 0.15) is 0 Å². The molecule has 0 spiro atoms. The first-order valence-electron chi connectivity index (χ1n) is 7.61. The Labute approximate surface area is 154 Å². The van der Waals surface area contributed by atoms with Gasteiger partial charge in [-0.3, -0.25) is 0 Å². The molecule has 126 valence electrons. The summed E-state index contributed by atoms with van der Waals surface area (Å²) in [7, 11) is 2.27. The van der Waals surface area contributed by atoms with Crippen LogP contribution in [0.15, 0.2) is 24.3 Å². The fourth-order valence-electron chi connectivity index (χ4n) is 2.32. The molecule has 6 heteroatoms. The third-order valence-corrected chi connectivity index (χ3v) is 5.19. The Balaban J connectivity index is 2.63. The van der Waals surface area contributed by atoms with E-state index in [0.29, 0.717) is 5.02 Å². The Bertz CT molecular complexity index is 438. The molecule has 0 saturated heterocycles. The lowest BCUT2D eigenvalue weighted by atomic mass is 10.1. The van der Waals surface area contributed by atoms with Gasteiger partial charge in [0.2, 0.25) is 3.79 Å². The van der Waals surface area contributed by atoms with Crippen molar-refractivity contribution in [1.29, 1.82) is 0 Å². The van der Waals surface area contributed by atoms with Crippen LogP contribution in [0.5, 0.6) is 0 Å². The van der Waals surface area contributed by atoms with Crippen LogP contribution in [0.3, 0.4) is 0 Å². The largest absolute Gasteiger partial charge is 0.326 e. The van der Waals surface area contributed by atoms with E-state index in [9.17, 15) is 0 Å². The smallest absolute Gasteiger partial charge is 0.209 e. The van der Waals surface area contributed by atoms with Crippen molar-refractivity contribution in [1.82, 2.24) is 5.32 Å². The third-order valence-electron chi connectivity index (χ3n) is 4.28. The molecule has 0 aliphatic carbocycles. The zero-order valence-corrected chi connectivity index (χ0v) is 16.4. The Kier molecular flexibility index (Phi) is 8.29.